The minimum Gasteiger partial charge on any atom is -0.324 e. The van der Waals surface area contributed by atoms with Crippen LogP contribution in [0.3, 0.4) is 0 Å². The molecule has 0 radical (unpaired) electrons. The first-order valence-corrected chi connectivity index (χ1v) is 11.4. The van der Waals surface area contributed by atoms with Gasteiger partial charge in [-0.3, -0.25) is 14.3 Å². The van der Waals surface area contributed by atoms with E-state index in [1.54, 1.807) is 42.5 Å². The molecule has 0 aliphatic carbocycles. The van der Waals surface area contributed by atoms with Gasteiger partial charge in [-0.05, 0) is 42.7 Å². The molecule has 6 nitrogen and oxygen atoms in total. The lowest BCUT2D eigenvalue weighted by Crippen LogP contribution is -2.19. The van der Waals surface area contributed by atoms with E-state index in [4.69, 9.17) is 0 Å². The molecule has 0 spiro atoms. The van der Waals surface area contributed by atoms with Gasteiger partial charge in [0.2, 0.25) is 15.9 Å². The summed E-state index contributed by atoms with van der Waals surface area (Å²) < 4.78 is 26.3. The molecule has 0 bridgehead atoms. The average Bonchev–Trinajstić information content (AvgIpc) is 2.56. The molecule has 0 fully saturated rings. The van der Waals surface area contributed by atoms with Crippen LogP contribution in [0.15, 0.2) is 46.9 Å². The maximum Gasteiger partial charge on any atom is 0.229 e. The SMILES string of the molecule is Cc1ccc(NS(C)(=O)=O)c(NC(=O)CC(C)CC(=O)c2ccc(Br)cc2)c1. The van der Waals surface area contributed by atoms with Crippen molar-refractivity contribution in [3.05, 3.63) is 58.1 Å². The van der Waals surface area contributed by atoms with Gasteiger partial charge in [0.15, 0.2) is 5.78 Å². The molecule has 28 heavy (non-hydrogen) atoms. The second-order valence-corrected chi connectivity index (χ2v) is 9.58. The molecular weight excluding hydrogens is 444 g/mol. The third-order valence-corrected chi connectivity index (χ3v) is 5.10. The summed E-state index contributed by atoms with van der Waals surface area (Å²) in [5.41, 5.74) is 2.18. The Bertz CT molecular complexity index is 972. The summed E-state index contributed by atoms with van der Waals surface area (Å²) in [6.07, 6.45) is 1.44. The Labute approximate surface area is 173 Å². The number of carbonyl (C=O) groups excluding carboxylic acids is 2. The van der Waals surface area contributed by atoms with Crippen LogP contribution < -0.4 is 10.0 Å². The average molecular weight is 467 g/mol. The first kappa shape index (κ1) is 22.1. The molecule has 2 aromatic rings. The van der Waals surface area contributed by atoms with E-state index in [0.717, 1.165) is 16.3 Å². The van der Waals surface area contributed by atoms with Crippen molar-refractivity contribution in [2.45, 2.75) is 26.7 Å². The molecule has 2 aromatic carbocycles. The Kier molecular flexibility index (Phi) is 7.37. The number of carbonyl (C=O) groups is 2. The maximum atomic E-state index is 12.4. The van der Waals surface area contributed by atoms with Gasteiger partial charge in [-0.15, -0.1) is 0 Å². The molecule has 0 aromatic heterocycles. The van der Waals surface area contributed by atoms with Crippen molar-refractivity contribution in [3.63, 3.8) is 0 Å². The normalized spacial score (nSPS) is 12.3. The molecule has 0 heterocycles. The van der Waals surface area contributed by atoms with Gasteiger partial charge in [-0.2, -0.15) is 0 Å². The van der Waals surface area contributed by atoms with Crippen LogP contribution in [0.1, 0.15) is 35.7 Å². The van der Waals surface area contributed by atoms with Crippen molar-refractivity contribution >= 4 is 49.0 Å². The zero-order chi connectivity index (χ0) is 20.9. The summed E-state index contributed by atoms with van der Waals surface area (Å²) >= 11 is 3.33. The Balaban J connectivity index is 2.00. The van der Waals surface area contributed by atoms with Crippen molar-refractivity contribution in [2.24, 2.45) is 5.92 Å². The van der Waals surface area contributed by atoms with Crippen LogP contribution in [-0.4, -0.2) is 26.4 Å². The van der Waals surface area contributed by atoms with Gasteiger partial charge in [-0.1, -0.05) is 41.1 Å². The Morgan fingerprint density at radius 1 is 1.04 bits per heavy atom. The van der Waals surface area contributed by atoms with E-state index >= 15 is 0 Å². The maximum absolute atomic E-state index is 12.4. The van der Waals surface area contributed by atoms with E-state index in [1.807, 2.05) is 13.8 Å². The molecule has 0 aliphatic heterocycles. The number of amides is 1. The van der Waals surface area contributed by atoms with E-state index in [9.17, 15) is 18.0 Å². The summed E-state index contributed by atoms with van der Waals surface area (Å²) in [5.74, 6) is -0.465. The molecule has 1 unspecified atom stereocenters. The van der Waals surface area contributed by atoms with Crippen molar-refractivity contribution < 1.29 is 18.0 Å². The first-order chi connectivity index (χ1) is 13.0. The third-order valence-electron chi connectivity index (χ3n) is 3.98. The number of benzene rings is 2. The standard InChI is InChI=1S/C20H23BrN2O4S/c1-13-4-9-17(23-28(3,26)27)18(10-13)22-20(25)12-14(2)11-19(24)15-5-7-16(21)8-6-15/h4-10,14,23H,11-12H2,1-3H3,(H,22,25). The number of Topliss-reactive ketones (excluding diaryl/α,β-unsaturated/α-hetero) is 1. The van der Waals surface area contributed by atoms with Gasteiger partial charge < -0.3 is 5.32 Å². The summed E-state index contributed by atoms with van der Waals surface area (Å²) in [7, 11) is -3.47. The van der Waals surface area contributed by atoms with Crippen LogP contribution in [-0.2, 0) is 14.8 Å². The summed E-state index contributed by atoms with van der Waals surface area (Å²) in [6.45, 7) is 3.68. The van der Waals surface area contributed by atoms with E-state index in [-0.39, 0.29) is 30.4 Å². The highest BCUT2D eigenvalue weighted by molar-refractivity contribution is 9.10. The lowest BCUT2D eigenvalue weighted by atomic mass is 9.97. The highest BCUT2D eigenvalue weighted by atomic mass is 79.9. The molecule has 0 aliphatic rings. The van der Waals surface area contributed by atoms with Crippen LogP contribution >= 0.6 is 15.9 Å². The van der Waals surface area contributed by atoms with Crippen molar-refractivity contribution in [1.29, 1.82) is 0 Å². The van der Waals surface area contributed by atoms with Crippen molar-refractivity contribution in [2.75, 3.05) is 16.3 Å². The Hall–Kier alpha value is -2.19. The van der Waals surface area contributed by atoms with Gasteiger partial charge in [0.25, 0.3) is 0 Å². The van der Waals surface area contributed by atoms with Gasteiger partial charge in [-0.25, -0.2) is 8.42 Å². The van der Waals surface area contributed by atoms with Gasteiger partial charge >= 0.3 is 0 Å². The fraction of sp³-hybridized carbons (Fsp3) is 0.300. The van der Waals surface area contributed by atoms with Crippen LogP contribution in [0, 0.1) is 12.8 Å². The fourth-order valence-electron chi connectivity index (χ4n) is 2.71. The molecule has 1 atom stereocenters. The predicted octanol–water partition coefficient (Wildman–Crippen LogP) is 4.37. The number of sulfonamides is 1. The Morgan fingerprint density at radius 3 is 2.29 bits per heavy atom. The van der Waals surface area contributed by atoms with Crippen LogP contribution in [0.4, 0.5) is 11.4 Å². The lowest BCUT2D eigenvalue weighted by molar-refractivity contribution is -0.116. The minimum absolute atomic E-state index is 0.0252. The number of rotatable bonds is 8. The summed E-state index contributed by atoms with van der Waals surface area (Å²) in [6, 6.07) is 12.2. The van der Waals surface area contributed by atoms with E-state index < -0.39 is 10.0 Å². The van der Waals surface area contributed by atoms with Gasteiger partial charge in [0.1, 0.15) is 0 Å². The highest BCUT2D eigenvalue weighted by Gasteiger charge is 2.16. The molecule has 2 rings (SSSR count). The zero-order valence-electron chi connectivity index (χ0n) is 16.0. The number of hydrogen-bond donors (Lipinski definition) is 2. The first-order valence-electron chi connectivity index (χ1n) is 8.70. The second kappa shape index (κ2) is 9.34. The number of halogens is 1. The number of nitrogens with one attached hydrogen (secondary N) is 2. The molecule has 0 saturated carbocycles. The van der Waals surface area contributed by atoms with Crippen molar-refractivity contribution in [3.8, 4) is 0 Å². The molecule has 1 amide bonds. The molecular formula is C20H23BrN2O4S. The molecule has 8 heteroatoms. The van der Waals surface area contributed by atoms with E-state index in [1.165, 1.54) is 0 Å². The Morgan fingerprint density at radius 2 is 1.68 bits per heavy atom. The van der Waals surface area contributed by atoms with Gasteiger partial charge in [0, 0.05) is 22.9 Å². The molecule has 2 N–H and O–H groups in total. The van der Waals surface area contributed by atoms with Gasteiger partial charge in [0.05, 0.1) is 17.6 Å². The monoisotopic (exact) mass is 466 g/mol. The quantitative estimate of drug-likeness (QED) is 0.564. The number of hydrogen-bond acceptors (Lipinski definition) is 4. The number of ketones is 1. The zero-order valence-corrected chi connectivity index (χ0v) is 18.4. The fourth-order valence-corrected chi connectivity index (χ4v) is 3.55. The van der Waals surface area contributed by atoms with Crippen LogP contribution in [0.2, 0.25) is 0 Å². The summed E-state index contributed by atoms with van der Waals surface area (Å²) in [5, 5.41) is 2.74. The minimum atomic E-state index is -3.47. The van der Waals surface area contributed by atoms with Crippen LogP contribution in [0.25, 0.3) is 0 Å². The molecule has 150 valence electrons. The number of aryl methyl sites for hydroxylation is 1. The topological polar surface area (TPSA) is 92.3 Å². The van der Waals surface area contributed by atoms with Crippen molar-refractivity contribution in [1.82, 2.24) is 0 Å². The van der Waals surface area contributed by atoms with E-state index in [2.05, 4.69) is 26.0 Å². The summed E-state index contributed by atoms with van der Waals surface area (Å²) in [4.78, 5) is 24.7. The second-order valence-electron chi connectivity index (χ2n) is 6.91. The molecule has 0 saturated heterocycles. The predicted molar refractivity (Wildman–Crippen MR) is 115 cm³/mol. The lowest BCUT2D eigenvalue weighted by Gasteiger charge is -2.15. The van der Waals surface area contributed by atoms with Crippen LogP contribution in [0.5, 0.6) is 0 Å². The van der Waals surface area contributed by atoms with E-state index in [0.29, 0.717) is 16.9 Å². The largest absolute Gasteiger partial charge is 0.324 e. The third kappa shape index (κ3) is 7.09. The highest BCUT2D eigenvalue weighted by Crippen LogP contribution is 2.25. The smallest absolute Gasteiger partial charge is 0.229 e. The number of anilines is 2.